The lowest BCUT2D eigenvalue weighted by molar-refractivity contribution is 0.310. The molecule has 1 N–H and O–H groups in total. The van der Waals surface area contributed by atoms with Gasteiger partial charge in [-0.05, 0) is 110 Å². The lowest BCUT2D eigenvalue weighted by Crippen LogP contribution is -2.26. The van der Waals surface area contributed by atoms with Crippen molar-refractivity contribution in [2.75, 3.05) is 38.8 Å². The van der Waals surface area contributed by atoms with Gasteiger partial charge in [0.25, 0.3) is 0 Å². The van der Waals surface area contributed by atoms with Crippen molar-refractivity contribution in [2.45, 2.75) is 71.3 Å². The summed E-state index contributed by atoms with van der Waals surface area (Å²) in [5, 5.41) is 9.96. The SMILES string of the molecule is CCCC1CC/C1=N\CCOc1ccc(CN(CC)c2cc(OC)c(OC)cc2C2CCc3cc(O)ccc3C2)cc1F. The molecular weight excluding hydrogens is 543 g/mol. The molecular formula is C36H45FN2O4. The molecule has 2 aliphatic rings. The molecule has 0 spiro atoms. The number of ether oxygens (including phenoxy) is 3. The first-order valence-electron chi connectivity index (χ1n) is 15.7. The number of nitrogens with zero attached hydrogens (tertiary/aromatic N) is 2. The van der Waals surface area contributed by atoms with Gasteiger partial charge in [0.05, 0.1) is 20.8 Å². The molecule has 0 saturated heterocycles. The normalized spacial score (nSPS) is 18.6. The van der Waals surface area contributed by atoms with E-state index in [0.717, 1.165) is 43.5 Å². The number of benzene rings is 3. The number of fused-ring (bicyclic) bond motifs is 1. The molecule has 1 fully saturated rings. The fourth-order valence-electron chi connectivity index (χ4n) is 6.53. The van der Waals surface area contributed by atoms with Crippen molar-refractivity contribution in [1.29, 1.82) is 0 Å². The van der Waals surface area contributed by atoms with E-state index in [-0.39, 0.29) is 17.5 Å². The number of aliphatic imine (C=N–C) groups is 1. The van der Waals surface area contributed by atoms with Crippen molar-refractivity contribution < 1.29 is 23.7 Å². The van der Waals surface area contributed by atoms with Gasteiger partial charge in [-0.25, -0.2) is 4.39 Å². The zero-order valence-electron chi connectivity index (χ0n) is 26.0. The molecule has 43 heavy (non-hydrogen) atoms. The number of phenols is 1. The smallest absolute Gasteiger partial charge is 0.165 e. The lowest BCUT2D eigenvalue weighted by Gasteiger charge is -2.32. The first-order valence-corrected chi connectivity index (χ1v) is 15.7. The number of phenolic OH excluding ortho intramolecular Hbond substituents is 1. The number of aromatic hydroxyl groups is 1. The number of rotatable bonds is 13. The summed E-state index contributed by atoms with van der Waals surface area (Å²) < 4.78 is 32.3. The molecule has 2 atom stereocenters. The molecule has 0 aromatic heterocycles. The van der Waals surface area contributed by atoms with Crippen molar-refractivity contribution in [2.24, 2.45) is 10.9 Å². The van der Waals surface area contributed by atoms with E-state index in [9.17, 15) is 5.11 Å². The van der Waals surface area contributed by atoms with E-state index in [0.29, 0.717) is 42.9 Å². The van der Waals surface area contributed by atoms with Crippen LogP contribution in [0.15, 0.2) is 53.5 Å². The van der Waals surface area contributed by atoms with E-state index in [1.54, 1.807) is 32.4 Å². The second-order valence-corrected chi connectivity index (χ2v) is 11.7. The minimum atomic E-state index is -0.353. The Balaban J connectivity index is 1.32. The van der Waals surface area contributed by atoms with E-state index in [1.807, 2.05) is 24.3 Å². The molecule has 0 aliphatic heterocycles. The highest BCUT2D eigenvalue weighted by atomic mass is 19.1. The van der Waals surface area contributed by atoms with Gasteiger partial charge < -0.3 is 24.2 Å². The van der Waals surface area contributed by atoms with Crippen LogP contribution in [-0.4, -0.2) is 44.7 Å². The first kappa shape index (κ1) is 30.7. The predicted molar refractivity (Wildman–Crippen MR) is 171 cm³/mol. The molecule has 3 aromatic carbocycles. The number of methoxy groups -OCH3 is 2. The van der Waals surface area contributed by atoms with Gasteiger partial charge in [-0.15, -0.1) is 0 Å². The summed E-state index contributed by atoms with van der Waals surface area (Å²) in [6.07, 6.45) is 7.44. The number of halogens is 1. The van der Waals surface area contributed by atoms with Crippen LogP contribution < -0.4 is 19.1 Å². The van der Waals surface area contributed by atoms with Crippen molar-refractivity contribution in [3.63, 3.8) is 0 Å². The fourth-order valence-corrected chi connectivity index (χ4v) is 6.53. The summed E-state index contributed by atoms with van der Waals surface area (Å²) in [5.41, 5.74) is 6.88. The van der Waals surface area contributed by atoms with Crippen LogP contribution in [0.4, 0.5) is 10.1 Å². The minimum absolute atomic E-state index is 0.268. The van der Waals surface area contributed by atoms with Gasteiger partial charge in [0.15, 0.2) is 23.1 Å². The van der Waals surface area contributed by atoms with E-state index in [1.165, 1.54) is 41.7 Å². The second kappa shape index (κ2) is 14.2. The summed E-state index contributed by atoms with van der Waals surface area (Å²) in [7, 11) is 3.31. The van der Waals surface area contributed by atoms with Gasteiger partial charge >= 0.3 is 0 Å². The second-order valence-electron chi connectivity index (χ2n) is 11.7. The lowest BCUT2D eigenvalue weighted by atomic mass is 9.79. The molecule has 0 radical (unpaired) electrons. The Morgan fingerprint density at radius 2 is 1.74 bits per heavy atom. The van der Waals surface area contributed by atoms with E-state index < -0.39 is 0 Å². The van der Waals surface area contributed by atoms with E-state index >= 15 is 4.39 Å². The standard InChI is InChI=1S/C36H45FN2O4/c1-5-7-25-12-14-32(25)38-16-17-43-34-15-8-24(18-31(34)37)23-39(6-2)33-22-36(42-4)35(41-3)21-30(33)28-10-9-27-20-29(40)13-11-26(27)19-28/h8,11,13,15,18,20-22,25,28,40H,5-7,9-10,12,14,16-17,19,23H2,1-4H3/b38-32+. The van der Waals surface area contributed by atoms with Gasteiger partial charge in [0.2, 0.25) is 0 Å². The molecule has 5 rings (SSSR count). The van der Waals surface area contributed by atoms with Crippen LogP contribution in [0.25, 0.3) is 0 Å². The molecule has 230 valence electrons. The molecule has 6 nitrogen and oxygen atoms in total. The summed E-state index contributed by atoms with van der Waals surface area (Å²) in [6, 6.07) is 15.1. The van der Waals surface area contributed by atoms with Gasteiger partial charge in [0, 0.05) is 30.6 Å². The molecule has 2 unspecified atom stereocenters. The number of anilines is 1. The van der Waals surface area contributed by atoms with Gasteiger partial charge in [-0.2, -0.15) is 0 Å². The zero-order chi connectivity index (χ0) is 30.3. The summed E-state index contributed by atoms with van der Waals surface area (Å²) in [4.78, 5) is 6.96. The van der Waals surface area contributed by atoms with E-state index in [2.05, 4.69) is 24.8 Å². The topological polar surface area (TPSA) is 63.5 Å². The van der Waals surface area contributed by atoms with Crippen molar-refractivity contribution in [1.82, 2.24) is 0 Å². The average molecular weight is 589 g/mol. The maximum Gasteiger partial charge on any atom is 0.165 e. The maximum atomic E-state index is 15.2. The van der Waals surface area contributed by atoms with Crippen molar-refractivity contribution in [3.8, 4) is 23.0 Å². The average Bonchev–Trinajstić information content (AvgIpc) is 3.01. The highest BCUT2D eigenvalue weighted by Gasteiger charge is 2.27. The molecule has 0 heterocycles. The largest absolute Gasteiger partial charge is 0.508 e. The quantitative estimate of drug-likeness (QED) is 0.206. The molecule has 2 aliphatic carbocycles. The summed E-state index contributed by atoms with van der Waals surface area (Å²) in [6.45, 7) is 6.54. The number of hydrogen-bond acceptors (Lipinski definition) is 6. The van der Waals surface area contributed by atoms with Crippen LogP contribution in [0.2, 0.25) is 0 Å². The predicted octanol–water partition coefficient (Wildman–Crippen LogP) is 7.88. The number of hydrogen-bond donors (Lipinski definition) is 1. The Labute approximate surface area is 255 Å². The maximum absolute atomic E-state index is 15.2. The highest BCUT2D eigenvalue weighted by Crippen LogP contribution is 2.43. The summed E-state index contributed by atoms with van der Waals surface area (Å²) in [5.74, 6) is 2.50. The van der Waals surface area contributed by atoms with Crippen LogP contribution in [0.5, 0.6) is 23.0 Å². The molecule has 7 heteroatoms. The summed E-state index contributed by atoms with van der Waals surface area (Å²) >= 11 is 0. The minimum Gasteiger partial charge on any atom is -0.508 e. The fraction of sp³-hybridized carbons (Fsp3) is 0.472. The first-order chi connectivity index (χ1) is 20.9. The van der Waals surface area contributed by atoms with Gasteiger partial charge in [-0.3, -0.25) is 4.99 Å². The highest BCUT2D eigenvalue weighted by molar-refractivity contribution is 5.91. The molecule has 1 saturated carbocycles. The Morgan fingerprint density at radius 3 is 2.44 bits per heavy atom. The van der Waals surface area contributed by atoms with Gasteiger partial charge in [-0.1, -0.05) is 25.5 Å². The molecule has 0 bridgehead atoms. The van der Waals surface area contributed by atoms with Crippen LogP contribution >= 0.6 is 0 Å². The Kier molecular flexibility index (Phi) is 10.1. The van der Waals surface area contributed by atoms with Crippen LogP contribution in [-0.2, 0) is 19.4 Å². The van der Waals surface area contributed by atoms with Crippen LogP contribution in [0.3, 0.4) is 0 Å². The molecule has 3 aromatic rings. The van der Waals surface area contributed by atoms with Crippen molar-refractivity contribution in [3.05, 3.63) is 76.6 Å². The van der Waals surface area contributed by atoms with Crippen molar-refractivity contribution >= 4 is 11.4 Å². The van der Waals surface area contributed by atoms with Gasteiger partial charge in [0.1, 0.15) is 12.4 Å². The Bertz CT molecular complexity index is 1440. The Morgan fingerprint density at radius 1 is 0.930 bits per heavy atom. The third kappa shape index (κ3) is 7.09. The third-order valence-corrected chi connectivity index (χ3v) is 9.00. The van der Waals surface area contributed by atoms with Crippen LogP contribution in [0.1, 0.15) is 74.1 Å². The zero-order valence-corrected chi connectivity index (χ0v) is 26.0. The number of aryl methyl sites for hydroxylation is 1. The monoisotopic (exact) mass is 588 g/mol. The molecule has 0 amide bonds. The van der Waals surface area contributed by atoms with Crippen LogP contribution in [0, 0.1) is 11.7 Å². The van der Waals surface area contributed by atoms with E-state index in [4.69, 9.17) is 19.2 Å². The Hall–Kier alpha value is -3.74. The third-order valence-electron chi connectivity index (χ3n) is 9.00.